The van der Waals surface area contributed by atoms with Crippen molar-refractivity contribution in [2.45, 2.75) is 13.3 Å². The quantitative estimate of drug-likeness (QED) is 0.794. The summed E-state index contributed by atoms with van der Waals surface area (Å²) in [5.74, 6) is 1.06. The van der Waals surface area contributed by atoms with E-state index >= 15 is 0 Å². The molecule has 2 amide bonds. The molecule has 8 heteroatoms. The van der Waals surface area contributed by atoms with Crippen LogP contribution >= 0.6 is 23.4 Å². The van der Waals surface area contributed by atoms with E-state index in [4.69, 9.17) is 20.8 Å². The highest BCUT2D eigenvalue weighted by Gasteiger charge is 2.23. The second-order valence-electron chi connectivity index (χ2n) is 5.28. The van der Waals surface area contributed by atoms with E-state index in [9.17, 15) is 9.59 Å². The first kappa shape index (κ1) is 18.3. The third-order valence-electron chi connectivity index (χ3n) is 3.52. The van der Waals surface area contributed by atoms with E-state index in [0.29, 0.717) is 39.2 Å². The van der Waals surface area contributed by atoms with Gasteiger partial charge in [0.1, 0.15) is 17.3 Å². The molecule has 1 N–H and O–H groups in total. The Balaban J connectivity index is 1.81. The number of furan rings is 1. The first-order chi connectivity index (χ1) is 12.5. The van der Waals surface area contributed by atoms with Crippen molar-refractivity contribution >= 4 is 46.4 Å². The molecule has 0 radical (unpaired) electrons. The summed E-state index contributed by atoms with van der Waals surface area (Å²) in [6, 6.07) is 8.73. The number of amides is 2. The van der Waals surface area contributed by atoms with Crippen molar-refractivity contribution in [2.75, 3.05) is 7.11 Å². The lowest BCUT2D eigenvalue weighted by atomic mass is 10.1. The van der Waals surface area contributed by atoms with Crippen LogP contribution in [0.3, 0.4) is 0 Å². The van der Waals surface area contributed by atoms with Crippen molar-refractivity contribution in [1.82, 2.24) is 5.32 Å². The normalized spacial score (nSPS) is 15.3. The molecule has 3 rings (SSSR count). The maximum atomic E-state index is 12.0. The minimum atomic E-state index is -0.417. The number of amidine groups is 1. The second-order valence-corrected chi connectivity index (χ2v) is 6.75. The molecule has 0 saturated heterocycles. The number of nitrogens with one attached hydrogen (secondary N) is 1. The largest absolute Gasteiger partial charge is 0.496 e. The molecule has 0 saturated carbocycles. The number of halogens is 1. The molecule has 0 aliphatic carbocycles. The Kier molecular flexibility index (Phi) is 5.49. The third kappa shape index (κ3) is 4.00. The highest BCUT2D eigenvalue weighted by atomic mass is 35.5. The SMILES string of the molecule is CCC(=O)NC1=NC(=O)C(=Cc2ccc(-c3cc(Cl)ccc3OC)o2)S1. The lowest BCUT2D eigenvalue weighted by Crippen LogP contribution is -2.26. The number of aliphatic imine (C=N–C) groups is 1. The first-order valence-corrected chi connectivity index (χ1v) is 8.95. The van der Waals surface area contributed by atoms with E-state index in [1.165, 1.54) is 0 Å². The van der Waals surface area contributed by atoms with Gasteiger partial charge in [0.2, 0.25) is 5.91 Å². The Labute approximate surface area is 159 Å². The number of nitrogens with zero attached hydrogens (tertiary/aromatic N) is 1. The highest BCUT2D eigenvalue weighted by Crippen LogP contribution is 2.35. The zero-order valence-electron chi connectivity index (χ0n) is 14.0. The van der Waals surface area contributed by atoms with Crippen LogP contribution in [0.15, 0.2) is 44.6 Å². The Hall–Kier alpha value is -2.51. The molecule has 134 valence electrons. The topological polar surface area (TPSA) is 80.9 Å². The fourth-order valence-corrected chi connectivity index (χ4v) is 3.23. The summed E-state index contributed by atoms with van der Waals surface area (Å²) in [7, 11) is 1.57. The molecule has 1 aromatic heterocycles. The smallest absolute Gasteiger partial charge is 0.286 e. The van der Waals surface area contributed by atoms with Crippen molar-refractivity contribution in [3.63, 3.8) is 0 Å². The molecule has 0 fully saturated rings. The predicted molar refractivity (Wildman–Crippen MR) is 102 cm³/mol. The number of carbonyl (C=O) groups excluding carboxylic acids is 2. The van der Waals surface area contributed by atoms with Crippen molar-refractivity contribution < 1.29 is 18.7 Å². The molecule has 0 unspecified atom stereocenters. The summed E-state index contributed by atoms with van der Waals surface area (Å²) < 4.78 is 11.1. The van der Waals surface area contributed by atoms with Crippen molar-refractivity contribution in [3.8, 4) is 17.1 Å². The van der Waals surface area contributed by atoms with E-state index in [1.54, 1.807) is 50.4 Å². The van der Waals surface area contributed by atoms with Crippen LogP contribution in [-0.2, 0) is 9.59 Å². The number of ether oxygens (including phenoxy) is 1. The number of benzene rings is 1. The van der Waals surface area contributed by atoms with Gasteiger partial charge in [0.05, 0.1) is 17.6 Å². The van der Waals surface area contributed by atoms with E-state index in [-0.39, 0.29) is 11.1 Å². The molecule has 1 aliphatic rings. The zero-order chi connectivity index (χ0) is 18.7. The minimum absolute atomic E-state index is 0.196. The van der Waals surface area contributed by atoms with Crippen molar-refractivity contribution in [3.05, 3.63) is 46.0 Å². The Morgan fingerprint density at radius 3 is 2.92 bits per heavy atom. The van der Waals surface area contributed by atoms with E-state index in [2.05, 4.69) is 10.3 Å². The highest BCUT2D eigenvalue weighted by molar-refractivity contribution is 8.18. The summed E-state index contributed by atoms with van der Waals surface area (Å²) >= 11 is 7.15. The standard InChI is InChI=1S/C18H15ClN2O4S/c1-3-16(22)20-18-21-17(23)15(26-18)9-11-5-7-14(25-11)12-8-10(19)4-6-13(12)24-2/h4-9H,3H2,1-2H3,(H,20,21,22,23). The number of thioether (sulfide) groups is 1. The van der Waals surface area contributed by atoms with Gasteiger partial charge in [0.25, 0.3) is 5.91 Å². The van der Waals surface area contributed by atoms with Gasteiger partial charge >= 0.3 is 0 Å². The summed E-state index contributed by atoms with van der Waals surface area (Å²) in [6.07, 6.45) is 1.90. The van der Waals surface area contributed by atoms with Crippen molar-refractivity contribution in [1.29, 1.82) is 0 Å². The molecule has 0 atom stereocenters. The van der Waals surface area contributed by atoms with Crippen LogP contribution in [0.2, 0.25) is 5.02 Å². The van der Waals surface area contributed by atoms with Crippen LogP contribution in [0.4, 0.5) is 0 Å². The number of methoxy groups -OCH3 is 1. The van der Waals surface area contributed by atoms with Gasteiger partial charge in [-0.3, -0.25) is 9.59 Å². The lowest BCUT2D eigenvalue weighted by Gasteiger charge is -2.06. The third-order valence-corrected chi connectivity index (χ3v) is 4.65. The molecular weight excluding hydrogens is 376 g/mol. The number of rotatable bonds is 4. The fraction of sp³-hybridized carbons (Fsp3) is 0.167. The predicted octanol–water partition coefficient (Wildman–Crippen LogP) is 4.11. The second kappa shape index (κ2) is 7.80. The van der Waals surface area contributed by atoms with E-state index in [1.807, 2.05) is 0 Å². The van der Waals surface area contributed by atoms with Crippen LogP contribution in [0.5, 0.6) is 5.75 Å². The summed E-state index contributed by atoms with van der Waals surface area (Å²) in [5.41, 5.74) is 0.710. The molecule has 1 aliphatic heterocycles. The summed E-state index contributed by atoms with van der Waals surface area (Å²) in [6.45, 7) is 1.72. The maximum absolute atomic E-state index is 12.0. The van der Waals surface area contributed by atoms with E-state index in [0.717, 1.165) is 11.8 Å². The lowest BCUT2D eigenvalue weighted by molar-refractivity contribution is -0.119. The van der Waals surface area contributed by atoms with E-state index < -0.39 is 5.91 Å². The van der Waals surface area contributed by atoms with Gasteiger partial charge in [-0.15, -0.1) is 0 Å². The van der Waals surface area contributed by atoms with Crippen molar-refractivity contribution in [2.24, 2.45) is 4.99 Å². The molecule has 0 spiro atoms. The van der Waals surface area contributed by atoms with Gasteiger partial charge in [-0.25, -0.2) is 0 Å². The molecule has 2 aromatic rings. The molecule has 26 heavy (non-hydrogen) atoms. The van der Waals surface area contributed by atoms with Crippen LogP contribution in [0.1, 0.15) is 19.1 Å². The summed E-state index contributed by atoms with van der Waals surface area (Å²) in [5, 5.41) is 3.41. The zero-order valence-corrected chi connectivity index (χ0v) is 15.6. The van der Waals surface area contributed by atoms with Gasteiger partial charge in [-0.2, -0.15) is 4.99 Å². The number of carbonyl (C=O) groups is 2. The van der Waals surface area contributed by atoms with Crippen LogP contribution < -0.4 is 10.1 Å². The Bertz CT molecular complexity index is 933. The van der Waals surface area contributed by atoms with Gasteiger partial charge < -0.3 is 14.5 Å². The fourth-order valence-electron chi connectivity index (χ4n) is 2.25. The van der Waals surface area contributed by atoms with Gasteiger partial charge in [0.15, 0.2) is 5.17 Å². The van der Waals surface area contributed by atoms with Gasteiger partial charge in [-0.05, 0) is 42.1 Å². The molecule has 6 nitrogen and oxygen atoms in total. The van der Waals surface area contributed by atoms with Gasteiger partial charge in [-0.1, -0.05) is 18.5 Å². The number of hydrogen-bond donors (Lipinski definition) is 1. The monoisotopic (exact) mass is 390 g/mol. The molecule has 1 aromatic carbocycles. The van der Waals surface area contributed by atoms with Crippen LogP contribution in [0.25, 0.3) is 17.4 Å². The molecule has 0 bridgehead atoms. The summed E-state index contributed by atoms with van der Waals surface area (Å²) in [4.78, 5) is 27.6. The first-order valence-electron chi connectivity index (χ1n) is 7.76. The number of hydrogen-bond acceptors (Lipinski definition) is 5. The van der Waals surface area contributed by atoms with Crippen LogP contribution in [0, 0.1) is 0 Å². The minimum Gasteiger partial charge on any atom is -0.496 e. The van der Waals surface area contributed by atoms with Gasteiger partial charge in [0, 0.05) is 17.5 Å². The maximum Gasteiger partial charge on any atom is 0.286 e. The molecule has 2 heterocycles. The Morgan fingerprint density at radius 2 is 2.19 bits per heavy atom. The molecular formula is C18H15ClN2O4S. The van der Waals surface area contributed by atoms with Crippen LogP contribution in [-0.4, -0.2) is 24.1 Å². The average molecular weight is 391 g/mol. The Morgan fingerprint density at radius 1 is 1.38 bits per heavy atom. The average Bonchev–Trinajstić information content (AvgIpc) is 3.22.